The number of nitrogens with zero attached hydrogens (tertiary/aromatic N) is 1. The number of hydrogen-bond donors (Lipinski definition) is 1. The molecule has 1 atom stereocenters. The van der Waals surface area contributed by atoms with Gasteiger partial charge in [0.1, 0.15) is 0 Å². The van der Waals surface area contributed by atoms with Crippen LogP contribution in [0.5, 0.6) is 0 Å². The summed E-state index contributed by atoms with van der Waals surface area (Å²) in [5.41, 5.74) is 0. The maximum Gasteiger partial charge on any atom is 0.00103 e. The molecule has 1 aliphatic heterocycles. The van der Waals surface area contributed by atoms with Crippen LogP contribution in [0.1, 0.15) is 65.7 Å². The van der Waals surface area contributed by atoms with Gasteiger partial charge in [-0.2, -0.15) is 0 Å². The highest BCUT2D eigenvalue weighted by molar-refractivity contribution is 4.71. The van der Waals surface area contributed by atoms with E-state index in [4.69, 9.17) is 0 Å². The van der Waals surface area contributed by atoms with E-state index in [2.05, 4.69) is 31.0 Å². The molecule has 0 saturated carbocycles. The zero-order valence-corrected chi connectivity index (χ0v) is 12.9. The van der Waals surface area contributed by atoms with Crippen LogP contribution < -0.4 is 5.32 Å². The number of likely N-dealkylation sites (tertiary alicyclic amines) is 1. The van der Waals surface area contributed by atoms with Gasteiger partial charge < -0.3 is 10.2 Å². The fraction of sp³-hybridized carbons (Fsp3) is 1.00. The van der Waals surface area contributed by atoms with Gasteiger partial charge in [-0.3, -0.25) is 0 Å². The molecule has 1 aliphatic rings. The smallest absolute Gasteiger partial charge is 0.00103 e. The van der Waals surface area contributed by atoms with Crippen LogP contribution in [-0.2, 0) is 0 Å². The Hall–Kier alpha value is -0.0800. The summed E-state index contributed by atoms with van der Waals surface area (Å²) >= 11 is 0. The van der Waals surface area contributed by atoms with Crippen molar-refractivity contribution in [1.82, 2.24) is 10.2 Å². The molecule has 0 aromatic rings. The summed E-state index contributed by atoms with van der Waals surface area (Å²) in [5.74, 6) is 0.981. The zero-order valence-electron chi connectivity index (χ0n) is 12.9. The molecule has 1 unspecified atom stereocenters. The molecule has 108 valence electrons. The molecule has 0 radical (unpaired) electrons. The first-order valence-corrected chi connectivity index (χ1v) is 8.18. The van der Waals surface area contributed by atoms with Gasteiger partial charge in [-0.25, -0.2) is 0 Å². The molecule has 0 amide bonds. The second-order valence-corrected chi connectivity index (χ2v) is 6.24. The van der Waals surface area contributed by atoms with Crippen LogP contribution in [0.2, 0.25) is 0 Å². The number of unbranched alkanes of at least 4 members (excludes halogenated alkanes) is 3. The maximum atomic E-state index is 3.49. The van der Waals surface area contributed by atoms with Crippen LogP contribution in [0.15, 0.2) is 0 Å². The van der Waals surface area contributed by atoms with Crippen molar-refractivity contribution in [2.24, 2.45) is 5.92 Å². The van der Waals surface area contributed by atoms with E-state index in [9.17, 15) is 0 Å². The van der Waals surface area contributed by atoms with Crippen molar-refractivity contribution in [2.75, 3.05) is 26.2 Å². The van der Waals surface area contributed by atoms with Crippen molar-refractivity contribution >= 4 is 0 Å². The third-order valence-electron chi connectivity index (χ3n) is 4.13. The first kappa shape index (κ1) is 16.0. The van der Waals surface area contributed by atoms with E-state index >= 15 is 0 Å². The normalized spacial score (nSPS) is 21.7. The lowest BCUT2D eigenvalue weighted by Gasteiger charge is -2.32. The second kappa shape index (κ2) is 9.80. The third kappa shape index (κ3) is 7.38. The second-order valence-electron chi connectivity index (χ2n) is 6.24. The van der Waals surface area contributed by atoms with Gasteiger partial charge in [-0.05, 0) is 51.2 Å². The van der Waals surface area contributed by atoms with Gasteiger partial charge in [-0.15, -0.1) is 0 Å². The van der Waals surface area contributed by atoms with Gasteiger partial charge in [0, 0.05) is 12.6 Å². The van der Waals surface area contributed by atoms with Gasteiger partial charge in [-0.1, -0.05) is 40.0 Å². The zero-order chi connectivity index (χ0) is 13.2. The Labute approximate surface area is 115 Å². The van der Waals surface area contributed by atoms with Gasteiger partial charge in [0.15, 0.2) is 0 Å². The Morgan fingerprint density at radius 2 is 1.94 bits per heavy atom. The Bertz CT molecular complexity index is 192. The average Bonchev–Trinajstić information content (AvgIpc) is 2.37. The number of rotatable bonds is 9. The highest BCUT2D eigenvalue weighted by atomic mass is 15.1. The fourth-order valence-electron chi connectivity index (χ4n) is 2.89. The van der Waals surface area contributed by atoms with E-state index in [0.717, 1.165) is 5.92 Å². The fourth-order valence-corrected chi connectivity index (χ4v) is 2.89. The lowest BCUT2D eigenvalue weighted by Crippen LogP contribution is -2.35. The molecular weight excluding hydrogens is 220 g/mol. The molecule has 0 aromatic heterocycles. The monoisotopic (exact) mass is 254 g/mol. The Balaban J connectivity index is 1.91. The van der Waals surface area contributed by atoms with Gasteiger partial charge in [0.25, 0.3) is 0 Å². The average molecular weight is 254 g/mol. The van der Waals surface area contributed by atoms with E-state index in [1.807, 2.05) is 0 Å². The number of piperidine rings is 1. The summed E-state index contributed by atoms with van der Waals surface area (Å²) in [5, 5.41) is 3.49. The van der Waals surface area contributed by atoms with Gasteiger partial charge in [0.05, 0.1) is 0 Å². The van der Waals surface area contributed by atoms with Crippen molar-refractivity contribution < 1.29 is 0 Å². The predicted molar refractivity (Wildman–Crippen MR) is 81.1 cm³/mol. The molecule has 0 aliphatic carbocycles. The van der Waals surface area contributed by atoms with E-state index in [0.29, 0.717) is 6.04 Å². The van der Waals surface area contributed by atoms with Gasteiger partial charge in [0.2, 0.25) is 0 Å². The topological polar surface area (TPSA) is 15.3 Å². The summed E-state index contributed by atoms with van der Waals surface area (Å²) < 4.78 is 0. The van der Waals surface area contributed by atoms with Crippen LogP contribution in [-0.4, -0.2) is 37.1 Å². The SMILES string of the molecule is CCC1CCCN(CCCCCCNC(C)C)C1. The quantitative estimate of drug-likeness (QED) is 0.632. The van der Waals surface area contributed by atoms with Crippen LogP contribution in [0.4, 0.5) is 0 Å². The molecule has 2 nitrogen and oxygen atoms in total. The standard InChI is InChI=1S/C16H34N2/c1-4-16-10-9-13-18(14-16)12-8-6-5-7-11-17-15(2)3/h15-17H,4-14H2,1-3H3. The molecule has 0 spiro atoms. The van der Waals surface area contributed by atoms with E-state index in [1.54, 1.807) is 0 Å². The molecule has 18 heavy (non-hydrogen) atoms. The minimum absolute atomic E-state index is 0.643. The molecule has 1 N–H and O–H groups in total. The predicted octanol–water partition coefficient (Wildman–Crippen LogP) is 3.67. The first-order chi connectivity index (χ1) is 8.72. The van der Waals surface area contributed by atoms with Crippen molar-refractivity contribution in [3.63, 3.8) is 0 Å². The summed E-state index contributed by atoms with van der Waals surface area (Å²) in [6.07, 6.45) is 9.81. The molecule has 1 fully saturated rings. The lowest BCUT2D eigenvalue weighted by molar-refractivity contribution is 0.169. The number of hydrogen-bond acceptors (Lipinski definition) is 2. The van der Waals surface area contributed by atoms with Gasteiger partial charge >= 0.3 is 0 Å². The number of nitrogens with one attached hydrogen (secondary N) is 1. The van der Waals surface area contributed by atoms with Crippen LogP contribution in [0.3, 0.4) is 0 Å². The summed E-state index contributed by atoms with van der Waals surface area (Å²) in [6, 6.07) is 0.643. The largest absolute Gasteiger partial charge is 0.315 e. The highest BCUT2D eigenvalue weighted by Crippen LogP contribution is 2.19. The molecular formula is C16H34N2. The van der Waals surface area contributed by atoms with Crippen LogP contribution in [0, 0.1) is 5.92 Å². The third-order valence-corrected chi connectivity index (χ3v) is 4.13. The van der Waals surface area contributed by atoms with Crippen molar-refractivity contribution in [1.29, 1.82) is 0 Å². The minimum Gasteiger partial charge on any atom is -0.315 e. The first-order valence-electron chi connectivity index (χ1n) is 8.18. The molecule has 0 aromatic carbocycles. The van der Waals surface area contributed by atoms with E-state index in [1.165, 1.54) is 71.1 Å². The van der Waals surface area contributed by atoms with E-state index in [-0.39, 0.29) is 0 Å². The lowest BCUT2D eigenvalue weighted by atomic mass is 9.95. The molecule has 1 heterocycles. The Morgan fingerprint density at radius 1 is 1.17 bits per heavy atom. The Kier molecular flexibility index (Phi) is 8.70. The van der Waals surface area contributed by atoms with E-state index < -0.39 is 0 Å². The van der Waals surface area contributed by atoms with Crippen molar-refractivity contribution in [2.45, 2.75) is 71.8 Å². The molecule has 2 heteroatoms. The highest BCUT2D eigenvalue weighted by Gasteiger charge is 2.17. The maximum absolute atomic E-state index is 3.49. The molecule has 1 saturated heterocycles. The summed E-state index contributed by atoms with van der Waals surface area (Å²) in [7, 11) is 0. The van der Waals surface area contributed by atoms with Crippen LogP contribution >= 0.6 is 0 Å². The minimum atomic E-state index is 0.643. The molecule has 1 rings (SSSR count). The van der Waals surface area contributed by atoms with Crippen molar-refractivity contribution in [3.8, 4) is 0 Å². The Morgan fingerprint density at radius 3 is 2.67 bits per heavy atom. The summed E-state index contributed by atoms with van der Waals surface area (Å²) in [4.78, 5) is 2.70. The summed E-state index contributed by atoms with van der Waals surface area (Å²) in [6.45, 7) is 12.0. The molecule has 0 bridgehead atoms. The van der Waals surface area contributed by atoms with Crippen molar-refractivity contribution in [3.05, 3.63) is 0 Å². The van der Waals surface area contributed by atoms with Crippen LogP contribution in [0.25, 0.3) is 0 Å².